The van der Waals surface area contributed by atoms with Crippen molar-refractivity contribution in [2.24, 2.45) is 0 Å². The summed E-state index contributed by atoms with van der Waals surface area (Å²) in [6.07, 6.45) is 1.57. The smallest absolute Gasteiger partial charge is 0.262 e. The number of aryl methyl sites for hydroxylation is 1. The van der Waals surface area contributed by atoms with E-state index < -0.39 is 0 Å². The molecule has 0 heterocycles. The summed E-state index contributed by atoms with van der Waals surface area (Å²) in [4.78, 5) is 11.9. The molecule has 25 heavy (non-hydrogen) atoms. The molecule has 1 amide bonds. The molecule has 0 aliphatic rings. The van der Waals surface area contributed by atoms with E-state index >= 15 is 0 Å². The lowest BCUT2D eigenvalue weighted by molar-refractivity contribution is -0.117. The van der Waals surface area contributed by atoms with E-state index in [1.807, 2.05) is 69.3 Å². The fourth-order valence-electron chi connectivity index (χ4n) is 2.28. The van der Waals surface area contributed by atoms with Crippen LogP contribution >= 0.6 is 0 Å². The van der Waals surface area contributed by atoms with Crippen molar-refractivity contribution in [3.63, 3.8) is 0 Å². The van der Waals surface area contributed by atoms with Crippen LogP contribution in [0.5, 0.6) is 5.75 Å². The highest BCUT2D eigenvalue weighted by Crippen LogP contribution is 2.16. The molecule has 2 aromatic carbocycles. The van der Waals surface area contributed by atoms with E-state index in [4.69, 9.17) is 10.00 Å². The van der Waals surface area contributed by atoms with Crippen LogP contribution in [-0.2, 0) is 11.4 Å². The Morgan fingerprint density at radius 2 is 1.96 bits per heavy atom. The van der Waals surface area contributed by atoms with Gasteiger partial charge < -0.3 is 10.1 Å². The second-order valence-electron chi connectivity index (χ2n) is 6.14. The predicted octanol–water partition coefficient (Wildman–Crippen LogP) is 4.01. The summed E-state index contributed by atoms with van der Waals surface area (Å²) in [5.74, 6) is 0.376. The first-order valence-corrected chi connectivity index (χ1v) is 8.19. The van der Waals surface area contributed by atoms with Crippen molar-refractivity contribution in [2.45, 2.75) is 33.4 Å². The first-order chi connectivity index (χ1) is 12.0. The molecule has 0 saturated heterocycles. The summed E-state index contributed by atoms with van der Waals surface area (Å²) in [6, 6.07) is 17.4. The van der Waals surface area contributed by atoms with Crippen LogP contribution in [0.4, 0.5) is 0 Å². The van der Waals surface area contributed by atoms with Crippen molar-refractivity contribution in [1.29, 1.82) is 5.26 Å². The Balaban J connectivity index is 2.02. The molecule has 0 atom stereocenters. The summed E-state index contributed by atoms with van der Waals surface area (Å²) >= 11 is 0. The quantitative estimate of drug-likeness (QED) is 0.641. The highest BCUT2D eigenvalue weighted by Gasteiger charge is 2.09. The zero-order chi connectivity index (χ0) is 18.2. The highest BCUT2D eigenvalue weighted by atomic mass is 16.5. The van der Waals surface area contributed by atoms with Crippen LogP contribution in [0.2, 0.25) is 0 Å². The van der Waals surface area contributed by atoms with E-state index in [0.29, 0.717) is 6.61 Å². The molecule has 2 aromatic rings. The molecule has 0 aromatic heterocycles. The van der Waals surface area contributed by atoms with Crippen LogP contribution in [0.25, 0.3) is 6.08 Å². The molecule has 0 bridgehead atoms. The maximum Gasteiger partial charge on any atom is 0.262 e. The van der Waals surface area contributed by atoms with Gasteiger partial charge in [0.2, 0.25) is 0 Å². The van der Waals surface area contributed by atoms with E-state index in [0.717, 1.165) is 16.9 Å². The van der Waals surface area contributed by atoms with Crippen LogP contribution < -0.4 is 10.1 Å². The molecule has 0 unspecified atom stereocenters. The van der Waals surface area contributed by atoms with E-state index in [9.17, 15) is 4.79 Å². The van der Waals surface area contributed by atoms with Gasteiger partial charge in [-0.25, -0.2) is 0 Å². The average Bonchev–Trinajstić information content (AvgIpc) is 2.58. The molecule has 4 nitrogen and oxygen atoms in total. The van der Waals surface area contributed by atoms with Gasteiger partial charge >= 0.3 is 0 Å². The second kappa shape index (κ2) is 8.70. The molecule has 2 rings (SSSR count). The summed E-state index contributed by atoms with van der Waals surface area (Å²) in [7, 11) is 0. The van der Waals surface area contributed by atoms with Gasteiger partial charge in [0.05, 0.1) is 0 Å². The molecule has 1 N–H and O–H groups in total. The van der Waals surface area contributed by atoms with Gasteiger partial charge in [0.25, 0.3) is 5.91 Å². The summed E-state index contributed by atoms with van der Waals surface area (Å²) in [6.45, 7) is 6.25. The number of hydrogen-bond donors (Lipinski definition) is 1. The van der Waals surface area contributed by atoms with Gasteiger partial charge in [0.1, 0.15) is 24.0 Å². The lowest BCUT2D eigenvalue weighted by atomic mass is 10.1. The summed E-state index contributed by atoms with van der Waals surface area (Å²) < 4.78 is 5.77. The third-order valence-corrected chi connectivity index (χ3v) is 3.46. The van der Waals surface area contributed by atoms with Crippen LogP contribution in [0.1, 0.15) is 30.5 Å². The SMILES string of the molecule is Cc1cccc(COc2ccc(C=C(C#N)C(=O)NC(C)C)cc2)c1. The van der Waals surface area contributed by atoms with Crippen molar-refractivity contribution >= 4 is 12.0 Å². The number of amides is 1. The fraction of sp³-hybridized carbons (Fsp3) is 0.238. The molecule has 0 aliphatic carbocycles. The molecule has 128 valence electrons. The Kier molecular flexibility index (Phi) is 6.36. The third kappa shape index (κ3) is 5.82. The van der Waals surface area contributed by atoms with E-state index in [2.05, 4.69) is 11.4 Å². The molecule has 4 heteroatoms. The molecule has 0 fully saturated rings. The summed E-state index contributed by atoms with van der Waals surface area (Å²) in [5.41, 5.74) is 3.17. The monoisotopic (exact) mass is 334 g/mol. The first kappa shape index (κ1) is 18.3. The first-order valence-electron chi connectivity index (χ1n) is 8.19. The zero-order valence-electron chi connectivity index (χ0n) is 14.7. The Bertz CT molecular complexity index is 799. The number of nitrogens with one attached hydrogen (secondary N) is 1. The Morgan fingerprint density at radius 3 is 2.56 bits per heavy atom. The lowest BCUT2D eigenvalue weighted by Crippen LogP contribution is -2.30. The Labute approximate surface area is 148 Å². The molecular formula is C21H22N2O2. The van der Waals surface area contributed by atoms with Crippen LogP contribution in [-0.4, -0.2) is 11.9 Å². The Hall–Kier alpha value is -3.06. The highest BCUT2D eigenvalue weighted by molar-refractivity contribution is 6.01. The van der Waals surface area contributed by atoms with Crippen molar-refractivity contribution in [3.05, 3.63) is 70.8 Å². The average molecular weight is 334 g/mol. The van der Waals surface area contributed by atoms with Crippen LogP contribution in [0.3, 0.4) is 0 Å². The number of benzene rings is 2. The van der Waals surface area contributed by atoms with Gasteiger partial charge in [0.15, 0.2) is 0 Å². The predicted molar refractivity (Wildman–Crippen MR) is 98.8 cm³/mol. The minimum Gasteiger partial charge on any atom is -0.489 e. The number of ether oxygens (including phenoxy) is 1. The number of rotatable bonds is 6. The van der Waals surface area contributed by atoms with E-state index in [-0.39, 0.29) is 17.5 Å². The summed E-state index contributed by atoms with van der Waals surface area (Å²) in [5, 5.41) is 11.9. The largest absolute Gasteiger partial charge is 0.489 e. The van der Waals surface area contributed by atoms with Gasteiger partial charge in [-0.1, -0.05) is 42.0 Å². The van der Waals surface area contributed by atoms with Crippen LogP contribution in [0.15, 0.2) is 54.1 Å². The third-order valence-electron chi connectivity index (χ3n) is 3.46. The number of carbonyl (C=O) groups is 1. The van der Waals surface area contributed by atoms with E-state index in [1.165, 1.54) is 5.56 Å². The van der Waals surface area contributed by atoms with Crippen molar-refractivity contribution in [3.8, 4) is 11.8 Å². The van der Waals surface area contributed by atoms with Gasteiger partial charge in [-0.2, -0.15) is 5.26 Å². The minimum absolute atomic E-state index is 0.0124. The van der Waals surface area contributed by atoms with Gasteiger partial charge in [-0.3, -0.25) is 4.79 Å². The van der Waals surface area contributed by atoms with Crippen molar-refractivity contribution < 1.29 is 9.53 Å². The minimum atomic E-state index is -0.364. The second-order valence-corrected chi connectivity index (χ2v) is 6.14. The lowest BCUT2D eigenvalue weighted by Gasteiger charge is -2.08. The molecule has 0 radical (unpaired) electrons. The Morgan fingerprint density at radius 1 is 1.24 bits per heavy atom. The fourth-order valence-corrected chi connectivity index (χ4v) is 2.28. The maximum atomic E-state index is 11.9. The molecule has 0 saturated carbocycles. The number of carbonyl (C=O) groups excluding carboxylic acids is 1. The molecule has 0 aliphatic heterocycles. The normalized spacial score (nSPS) is 11.1. The number of nitrogens with zero attached hydrogens (tertiary/aromatic N) is 1. The van der Waals surface area contributed by atoms with Crippen molar-refractivity contribution in [1.82, 2.24) is 5.32 Å². The van der Waals surface area contributed by atoms with Gasteiger partial charge in [-0.05, 0) is 50.1 Å². The number of nitriles is 1. The van der Waals surface area contributed by atoms with Gasteiger partial charge in [-0.15, -0.1) is 0 Å². The van der Waals surface area contributed by atoms with Crippen LogP contribution in [0, 0.1) is 18.3 Å². The molecular weight excluding hydrogens is 312 g/mol. The van der Waals surface area contributed by atoms with Crippen molar-refractivity contribution in [2.75, 3.05) is 0 Å². The van der Waals surface area contributed by atoms with Gasteiger partial charge in [0, 0.05) is 6.04 Å². The molecule has 0 spiro atoms. The standard InChI is InChI=1S/C21H22N2O2/c1-15(2)23-21(24)19(13-22)12-17-7-9-20(10-8-17)25-14-18-6-4-5-16(3)11-18/h4-12,15H,14H2,1-3H3,(H,23,24). The maximum absolute atomic E-state index is 11.9. The van der Waals surface area contributed by atoms with E-state index in [1.54, 1.807) is 6.08 Å². The zero-order valence-corrected chi connectivity index (χ0v) is 14.7. The number of hydrogen-bond acceptors (Lipinski definition) is 3. The topological polar surface area (TPSA) is 62.1 Å².